The molecule has 0 amide bonds. The minimum atomic E-state index is 0.305. The van der Waals surface area contributed by atoms with E-state index in [1.807, 2.05) is 0 Å². The van der Waals surface area contributed by atoms with Gasteiger partial charge in [0.05, 0.1) is 13.1 Å². The SMILES string of the molecule is CCN(CCCN(C)C)Cc1noc(CN)n1. The minimum absolute atomic E-state index is 0.305. The number of hydrogen-bond acceptors (Lipinski definition) is 6. The summed E-state index contributed by atoms with van der Waals surface area (Å²) in [6, 6.07) is 0. The highest BCUT2D eigenvalue weighted by Crippen LogP contribution is 2.02. The van der Waals surface area contributed by atoms with Crippen LogP contribution >= 0.6 is 0 Å². The van der Waals surface area contributed by atoms with E-state index in [2.05, 4.69) is 41.0 Å². The number of rotatable bonds is 8. The van der Waals surface area contributed by atoms with Crippen LogP contribution < -0.4 is 5.73 Å². The van der Waals surface area contributed by atoms with Crippen LogP contribution in [0.5, 0.6) is 0 Å². The van der Waals surface area contributed by atoms with Gasteiger partial charge in [0.25, 0.3) is 0 Å². The van der Waals surface area contributed by atoms with Crippen LogP contribution in [0.2, 0.25) is 0 Å². The summed E-state index contributed by atoms with van der Waals surface area (Å²) < 4.78 is 4.98. The first-order chi connectivity index (χ1) is 8.15. The lowest BCUT2D eigenvalue weighted by atomic mass is 10.3. The topological polar surface area (TPSA) is 71.4 Å². The van der Waals surface area contributed by atoms with E-state index in [0.717, 1.165) is 38.4 Å². The van der Waals surface area contributed by atoms with Crippen LogP contribution in [0.1, 0.15) is 25.1 Å². The molecule has 2 N–H and O–H groups in total. The molecule has 0 bridgehead atoms. The van der Waals surface area contributed by atoms with Gasteiger partial charge in [-0.2, -0.15) is 4.98 Å². The molecule has 1 heterocycles. The molecule has 0 aliphatic heterocycles. The van der Waals surface area contributed by atoms with Gasteiger partial charge in [0.1, 0.15) is 0 Å². The fourth-order valence-corrected chi connectivity index (χ4v) is 1.60. The fraction of sp³-hybridized carbons (Fsp3) is 0.818. The maximum atomic E-state index is 5.42. The van der Waals surface area contributed by atoms with E-state index in [-0.39, 0.29) is 0 Å². The normalized spacial score (nSPS) is 11.6. The van der Waals surface area contributed by atoms with Crippen molar-refractivity contribution in [2.75, 3.05) is 33.7 Å². The van der Waals surface area contributed by atoms with Crippen LogP contribution in [0.25, 0.3) is 0 Å². The van der Waals surface area contributed by atoms with Gasteiger partial charge in [-0.15, -0.1) is 0 Å². The summed E-state index contributed by atoms with van der Waals surface area (Å²) >= 11 is 0. The predicted molar refractivity (Wildman–Crippen MR) is 66.3 cm³/mol. The number of hydrogen-bond donors (Lipinski definition) is 1. The first-order valence-corrected chi connectivity index (χ1v) is 6.04. The molecule has 0 aromatic carbocycles. The zero-order chi connectivity index (χ0) is 12.7. The lowest BCUT2D eigenvalue weighted by molar-refractivity contribution is 0.249. The molecule has 6 heteroatoms. The van der Waals surface area contributed by atoms with E-state index in [4.69, 9.17) is 10.3 Å². The first kappa shape index (κ1) is 14.1. The lowest BCUT2D eigenvalue weighted by Crippen LogP contribution is -2.27. The fourth-order valence-electron chi connectivity index (χ4n) is 1.60. The van der Waals surface area contributed by atoms with Crippen molar-refractivity contribution < 1.29 is 4.52 Å². The third-order valence-corrected chi connectivity index (χ3v) is 2.58. The van der Waals surface area contributed by atoms with Crippen molar-refractivity contribution in [1.29, 1.82) is 0 Å². The zero-order valence-corrected chi connectivity index (χ0v) is 11.0. The lowest BCUT2D eigenvalue weighted by Gasteiger charge is -2.19. The van der Waals surface area contributed by atoms with E-state index < -0.39 is 0 Å². The van der Waals surface area contributed by atoms with Crippen molar-refractivity contribution in [1.82, 2.24) is 19.9 Å². The third-order valence-electron chi connectivity index (χ3n) is 2.58. The second-order valence-electron chi connectivity index (χ2n) is 4.33. The molecule has 0 fully saturated rings. The average molecular weight is 241 g/mol. The van der Waals surface area contributed by atoms with Crippen molar-refractivity contribution in [3.05, 3.63) is 11.7 Å². The average Bonchev–Trinajstić information content (AvgIpc) is 2.75. The van der Waals surface area contributed by atoms with Crippen molar-refractivity contribution in [2.45, 2.75) is 26.4 Å². The maximum Gasteiger partial charge on any atom is 0.240 e. The first-order valence-electron chi connectivity index (χ1n) is 6.04. The Morgan fingerprint density at radius 1 is 1.29 bits per heavy atom. The summed E-state index contributed by atoms with van der Waals surface area (Å²) in [4.78, 5) is 8.69. The summed E-state index contributed by atoms with van der Waals surface area (Å²) in [5, 5.41) is 3.90. The van der Waals surface area contributed by atoms with Gasteiger partial charge in [0.15, 0.2) is 5.82 Å². The predicted octanol–water partition coefficient (Wildman–Crippen LogP) is 0.302. The van der Waals surface area contributed by atoms with Crippen LogP contribution in [-0.2, 0) is 13.1 Å². The minimum Gasteiger partial charge on any atom is -0.338 e. The molecule has 0 saturated carbocycles. The second kappa shape index (κ2) is 7.37. The van der Waals surface area contributed by atoms with Crippen molar-refractivity contribution >= 4 is 0 Å². The molecule has 0 atom stereocenters. The van der Waals surface area contributed by atoms with Gasteiger partial charge >= 0.3 is 0 Å². The molecule has 0 aliphatic carbocycles. The van der Waals surface area contributed by atoms with E-state index in [1.165, 1.54) is 0 Å². The molecule has 0 aliphatic rings. The van der Waals surface area contributed by atoms with Crippen LogP contribution in [0.4, 0.5) is 0 Å². The third kappa shape index (κ3) is 5.25. The molecule has 17 heavy (non-hydrogen) atoms. The van der Waals surface area contributed by atoms with E-state index in [0.29, 0.717) is 12.4 Å². The number of aromatic nitrogens is 2. The smallest absolute Gasteiger partial charge is 0.240 e. The molecule has 1 rings (SSSR count). The van der Waals surface area contributed by atoms with Crippen LogP contribution in [-0.4, -0.2) is 53.7 Å². The van der Waals surface area contributed by atoms with Crippen LogP contribution in [0, 0.1) is 0 Å². The summed E-state index contributed by atoms with van der Waals surface area (Å²) in [6.07, 6.45) is 1.14. The Morgan fingerprint density at radius 3 is 2.59 bits per heavy atom. The Balaban J connectivity index is 2.35. The quantitative estimate of drug-likeness (QED) is 0.706. The Labute approximate surface area is 103 Å². The highest BCUT2D eigenvalue weighted by Gasteiger charge is 2.09. The van der Waals surface area contributed by atoms with Crippen molar-refractivity contribution in [2.24, 2.45) is 5.73 Å². The van der Waals surface area contributed by atoms with Gasteiger partial charge in [-0.3, -0.25) is 4.90 Å². The molecule has 0 radical (unpaired) electrons. The molecule has 6 nitrogen and oxygen atoms in total. The molecular weight excluding hydrogens is 218 g/mol. The van der Waals surface area contributed by atoms with Gasteiger partial charge < -0.3 is 15.2 Å². The highest BCUT2D eigenvalue weighted by atomic mass is 16.5. The van der Waals surface area contributed by atoms with E-state index in [9.17, 15) is 0 Å². The van der Waals surface area contributed by atoms with Gasteiger partial charge in [0, 0.05) is 0 Å². The summed E-state index contributed by atoms with van der Waals surface area (Å²) in [6.45, 7) is 6.30. The van der Waals surface area contributed by atoms with Gasteiger partial charge in [-0.1, -0.05) is 12.1 Å². The number of nitrogens with two attached hydrogens (primary N) is 1. The van der Waals surface area contributed by atoms with Crippen molar-refractivity contribution in [3.8, 4) is 0 Å². The van der Waals surface area contributed by atoms with Gasteiger partial charge in [0.2, 0.25) is 5.89 Å². The Bertz CT molecular complexity index is 313. The Hall–Kier alpha value is -0.980. The Morgan fingerprint density at radius 2 is 2.06 bits per heavy atom. The maximum absolute atomic E-state index is 5.42. The zero-order valence-electron chi connectivity index (χ0n) is 11.0. The summed E-state index contributed by atoms with van der Waals surface area (Å²) in [7, 11) is 4.17. The molecule has 0 saturated heterocycles. The highest BCUT2D eigenvalue weighted by molar-refractivity contribution is 4.85. The molecular formula is C11H23N5O. The van der Waals surface area contributed by atoms with Crippen LogP contribution in [0.3, 0.4) is 0 Å². The molecule has 1 aromatic heterocycles. The second-order valence-corrected chi connectivity index (χ2v) is 4.33. The summed E-state index contributed by atoms with van der Waals surface area (Å²) in [5.74, 6) is 1.22. The van der Waals surface area contributed by atoms with E-state index in [1.54, 1.807) is 0 Å². The standard InChI is InChI=1S/C11H23N5O/c1-4-16(7-5-6-15(2)3)9-10-13-11(8-12)17-14-10/h4-9,12H2,1-3H3. The van der Waals surface area contributed by atoms with Crippen molar-refractivity contribution in [3.63, 3.8) is 0 Å². The van der Waals surface area contributed by atoms with Gasteiger partial charge in [-0.25, -0.2) is 0 Å². The molecule has 98 valence electrons. The largest absolute Gasteiger partial charge is 0.338 e. The van der Waals surface area contributed by atoms with E-state index >= 15 is 0 Å². The Kier molecular flexibility index (Phi) is 6.10. The molecule has 1 aromatic rings. The van der Waals surface area contributed by atoms with Gasteiger partial charge in [-0.05, 0) is 40.2 Å². The molecule has 0 unspecified atom stereocenters. The summed E-state index contributed by atoms with van der Waals surface area (Å²) in [5.41, 5.74) is 5.42. The molecule has 0 spiro atoms. The van der Waals surface area contributed by atoms with Crippen LogP contribution in [0.15, 0.2) is 4.52 Å². The monoisotopic (exact) mass is 241 g/mol. The number of nitrogens with zero attached hydrogens (tertiary/aromatic N) is 4.